The highest BCUT2D eigenvalue weighted by molar-refractivity contribution is 6.99. The third-order valence-electron chi connectivity index (χ3n) is 21.2. The first-order valence-electron chi connectivity index (χ1n) is 33.0. The molecule has 0 saturated heterocycles. The lowest BCUT2D eigenvalue weighted by Gasteiger charge is -2.41. The van der Waals surface area contributed by atoms with Crippen LogP contribution in [0.3, 0.4) is 0 Å². The molecule has 0 spiro atoms. The van der Waals surface area contributed by atoms with Gasteiger partial charge >= 0.3 is 0 Å². The molecule has 2 aliphatic heterocycles. The van der Waals surface area contributed by atoms with Crippen molar-refractivity contribution in [3.8, 4) is 68.4 Å². The fourth-order valence-electron chi connectivity index (χ4n) is 15.9. The van der Waals surface area contributed by atoms with E-state index in [9.17, 15) is 10.5 Å². The van der Waals surface area contributed by atoms with Gasteiger partial charge in [-0.3, -0.25) is 0 Å². The summed E-state index contributed by atoms with van der Waals surface area (Å²) in [5.41, 5.74) is 33.0. The van der Waals surface area contributed by atoms with E-state index in [2.05, 4.69) is 312 Å². The Kier molecular flexibility index (Phi) is 13.7. The summed E-state index contributed by atoms with van der Waals surface area (Å²) in [4.78, 5) is 4.77. The van der Waals surface area contributed by atoms with Crippen LogP contribution in [0.25, 0.3) is 88.4 Å². The number of nitrogens with zero attached hydrogens (tertiary/aromatic N) is 6. The number of nitriles is 2. The molecule has 2 aromatic heterocycles. The van der Waals surface area contributed by atoms with Gasteiger partial charge in [0.05, 0.1) is 51.4 Å². The molecular weight excluding hydrogens is 1160 g/mol. The number of benzene rings is 13. The minimum absolute atomic E-state index is 0.316. The van der Waals surface area contributed by atoms with Crippen LogP contribution >= 0.6 is 0 Å². The zero-order chi connectivity index (χ0) is 65.4. The van der Waals surface area contributed by atoms with E-state index < -0.39 is 0 Å². The third kappa shape index (κ3) is 8.78. The summed E-state index contributed by atoms with van der Waals surface area (Å²) in [6.45, 7) is -0.316. The molecule has 0 fully saturated rings. The number of hydrogen-bond donors (Lipinski definition) is 0. The van der Waals surface area contributed by atoms with Crippen molar-refractivity contribution in [3.63, 3.8) is 0 Å². The summed E-state index contributed by atoms with van der Waals surface area (Å²) in [5.74, 6) is 1.42. The first kappa shape index (κ1) is 58.3. The molecule has 0 saturated carbocycles. The third-order valence-corrected chi connectivity index (χ3v) is 21.2. The summed E-state index contributed by atoms with van der Waals surface area (Å²) in [5, 5.41) is 26.5. The zero-order valence-electron chi connectivity index (χ0n) is 54.8. The van der Waals surface area contributed by atoms with Gasteiger partial charge in [-0.15, -0.1) is 10.9 Å². The molecule has 0 amide bonds. The topological polar surface area (TPSA) is 73.2 Å². The normalized spacial score (nSPS) is 12.1. The molecular formula is C80H57B9N6O. The minimum Gasteiger partial charge on any atom is -0.458 e. The maximum absolute atomic E-state index is 10.9. The van der Waals surface area contributed by atoms with Gasteiger partial charge in [0.1, 0.15) is 74.3 Å². The first-order chi connectivity index (χ1) is 46.9. The molecule has 15 aromatic rings. The van der Waals surface area contributed by atoms with Crippen LogP contribution in [0.4, 0.5) is 34.1 Å². The second-order valence-electron chi connectivity index (χ2n) is 26.0. The molecule has 7 nitrogen and oxygen atoms in total. The van der Waals surface area contributed by atoms with Gasteiger partial charge in [0.2, 0.25) is 0 Å². The number of anilines is 6. The standard InChI is InChI=1S/C80H57B9N6O/c81-70-68-69-71(82)73(84)75(86)77(88)80(69)93(79(68)76(87)74(85)72(70)83)51-31-33-57-64(41-51)95(59-25-13-10-22-52(59)46-16-4-1-5-17-46)65-38-48(56-37-45(43-91)29-35-63(56)94-60-26-14-11-23-53(60)54-24-12-15-27-61(54)94)40-67-78(65)89(57)58-32-30-47(39-66(58)96-67)55-36-44(42-90)28-34-62(55)92(49-18-6-2-7-19-49)50-20-8-3-9-21-50/h1-41H,81-88H2. The highest BCUT2D eigenvalue weighted by atomic mass is 16.5. The Hall–Kier alpha value is -11.6. The molecule has 4 heterocycles. The second-order valence-corrected chi connectivity index (χ2v) is 26.0. The Morgan fingerprint density at radius 3 is 1.52 bits per heavy atom. The number of para-hydroxylation sites is 5. The van der Waals surface area contributed by atoms with E-state index in [-0.39, 0.29) is 6.71 Å². The molecule has 0 bridgehead atoms. The van der Waals surface area contributed by atoms with Gasteiger partial charge in [-0.1, -0.05) is 172 Å². The number of fused-ring (bicyclic) bond motifs is 10. The summed E-state index contributed by atoms with van der Waals surface area (Å²) in [6.07, 6.45) is 0. The summed E-state index contributed by atoms with van der Waals surface area (Å²) < 4.78 is 12.6. The van der Waals surface area contributed by atoms with Gasteiger partial charge in [0.25, 0.3) is 6.71 Å². The van der Waals surface area contributed by atoms with Crippen molar-refractivity contribution in [2.24, 2.45) is 0 Å². The van der Waals surface area contributed by atoms with Gasteiger partial charge in [0.15, 0.2) is 0 Å². The zero-order valence-corrected chi connectivity index (χ0v) is 54.8. The maximum Gasteiger partial charge on any atom is 0.256 e. The predicted molar refractivity (Wildman–Crippen MR) is 427 cm³/mol. The SMILES string of the molecule is Bc1c(B)c(B)c2c(c1B)c1c(B)c(B)c(B)c(B)c1n2-c1ccc2c(c1)N(c1ccccc1-c1ccccc1)c1cc(-c3cc(C#N)ccc3-n3c4ccccc4c4ccccc43)cc3c1B2c1ccc(-c2cc(C#N)ccc2N(c2ccccc2)c2ccccc2)cc1O3. The minimum atomic E-state index is -0.316. The molecule has 16 heteroatoms. The number of hydrogen-bond acceptors (Lipinski definition) is 5. The Labute approximate surface area is 566 Å². The van der Waals surface area contributed by atoms with Crippen molar-refractivity contribution in [1.82, 2.24) is 9.13 Å². The van der Waals surface area contributed by atoms with Gasteiger partial charge in [-0.05, 0) is 153 Å². The Morgan fingerprint density at radius 1 is 0.365 bits per heavy atom. The lowest BCUT2D eigenvalue weighted by Crippen LogP contribution is -2.59. The predicted octanol–water partition coefficient (Wildman–Crippen LogP) is 4.57. The van der Waals surface area contributed by atoms with Crippen LogP contribution in [0.15, 0.2) is 249 Å². The monoisotopic (exact) mass is 1220 g/mol. The van der Waals surface area contributed by atoms with E-state index in [1.807, 2.05) is 30.3 Å². The number of rotatable bonds is 9. The average molecular weight is 1220 g/mol. The molecule has 0 atom stereocenters. The van der Waals surface area contributed by atoms with E-state index in [1.54, 1.807) is 0 Å². The van der Waals surface area contributed by atoms with E-state index in [4.69, 9.17) is 4.74 Å². The van der Waals surface area contributed by atoms with Crippen molar-refractivity contribution in [2.75, 3.05) is 9.80 Å². The van der Waals surface area contributed by atoms with Crippen LogP contribution in [0.5, 0.6) is 11.5 Å². The van der Waals surface area contributed by atoms with Gasteiger partial charge in [-0.25, -0.2) is 0 Å². The summed E-state index contributed by atoms with van der Waals surface area (Å²) in [6, 6.07) is 93.1. The molecule has 0 unspecified atom stereocenters. The van der Waals surface area contributed by atoms with Crippen LogP contribution in [-0.4, -0.2) is 78.6 Å². The lowest BCUT2D eigenvalue weighted by atomic mass is 9.34. The van der Waals surface area contributed by atoms with Gasteiger partial charge in [-0.2, -0.15) is 10.5 Å². The smallest absolute Gasteiger partial charge is 0.256 e. The highest BCUT2D eigenvalue weighted by Gasteiger charge is 2.44. The van der Waals surface area contributed by atoms with Crippen LogP contribution in [0.1, 0.15) is 11.1 Å². The maximum atomic E-state index is 10.9. The average Bonchev–Trinajstić information content (AvgIpc) is 1.58. The molecule has 17 rings (SSSR count). The number of aromatic nitrogens is 2. The largest absolute Gasteiger partial charge is 0.458 e. The summed E-state index contributed by atoms with van der Waals surface area (Å²) in [7, 11) is 18.4. The van der Waals surface area contributed by atoms with E-state index in [1.165, 1.54) is 65.5 Å². The van der Waals surface area contributed by atoms with Crippen molar-refractivity contribution in [1.29, 1.82) is 10.5 Å². The van der Waals surface area contributed by atoms with E-state index in [0.717, 1.165) is 117 Å². The Morgan fingerprint density at radius 2 is 0.896 bits per heavy atom. The molecule has 0 radical (unpaired) electrons. The Balaban J connectivity index is 0.983. The molecule has 0 N–H and O–H groups in total. The van der Waals surface area contributed by atoms with E-state index in [0.29, 0.717) is 22.6 Å². The molecule has 13 aromatic carbocycles. The van der Waals surface area contributed by atoms with Crippen molar-refractivity contribution in [3.05, 3.63) is 260 Å². The quantitative estimate of drug-likeness (QED) is 0.199. The van der Waals surface area contributed by atoms with Gasteiger partial charge in [0, 0.05) is 66.9 Å². The first-order valence-corrected chi connectivity index (χ1v) is 33.0. The Bertz CT molecular complexity index is 5750. The number of ether oxygens (including phenoxy) is 1. The summed E-state index contributed by atoms with van der Waals surface area (Å²) >= 11 is 0. The van der Waals surface area contributed by atoms with E-state index >= 15 is 0 Å². The second kappa shape index (κ2) is 22.6. The molecule has 440 valence electrons. The van der Waals surface area contributed by atoms with Crippen molar-refractivity contribution >= 4 is 207 Å². The highest BCUT2D eigenvalue weighted by Crippen LogP contribution is 2.49. The fourth-order valence-corrected chi connectivity index (χ4v) is 15.9. The van der Waals surface area contributed by atoms with Crippen LogP contribution in [-0.2, 0) is 0 Å². The lowest BCUT2D eigenvalue weighted by molar-refractivity contribution is 0.488. The van der Waals surface area contributed by atoms with Gasteiger partial charge < -0.3 is 23.7 Å². The molecule has 0 aliphatic carbocycles. The molecule has 2 aliphatic rings. The van der Waals surface area contributed by atoms with Crippen molar-refractivity contribution < 1.29 is 4.74 Å². The molecule has 96 heavy (non-hydrogen) atoms. The fraction of sp³-hybridized carbons (Fsp3) is 0. The van der Waals surface area contributed by atoms with Crippen LogP contribution in [0, 0.1) is 22.7 Å². The van der Waals surface area contributed by atoms with Crippen LogP contribution in [0.2, 0.25) is 0 Å². The van der Waals surface area contributed by atoms with Crippen LogP contribution < -0.4 is 74.6 Å². The van der Waals surface area contributed by atoms with Crippen molar-refractivity contribution in [2.45, 2.75) is 0 Å².